The monoisotopic (exact) mass is 243 g/mol. The number of alkyl carbamates (subject to hydrolysis) is 1. The summed E-state index contributed by atoms with van der Waals surface area (Å²) in [5.41, 5.74) is 0. The van der Waals surface area contributed by atoms with E-state index < -0.39 is 12.1 Å². The molecule has 0 rings (SSSR count). The summed E-state index contributed by atoms with van der Waals surface area (Å²) in [5, 5.41) is 2.64. The Hall–Kier alpha value is -1.52. The molecule has 5 nitrogen and oxygen atoms in total. The van der Waals surface area contributed by atoms with Crippen LogP contribution in [-0.4, -0.2) is 31.8 Å². The normalized spacial score (nSPS) is 12.5. The zero-order chi connectivity index (χ0) is 13.3. The maximum Gasteiger partial charge on any atom is 0.407 e. The lowest BCUT2D eigenvalue weighted by Crippen LogP contribution is -2.34. The highest BCUT2D eigenvalue weighted by atomic mass is 16.5. The minimum atomic E-state index is -0.510. The number of ether oxygens (including phenoxy) is 2. The van der Waals surface area contributed by atoms with E-state index in [4.69, 9.17) is 4.74 Å². The van der Waals surface area contributed by atoms with Crippen LogP contribution in [0.5, 0.6) is 0 Å². The maximum absolute atomic E-state index is 11.1. The van der Waals surface area contributed by atoms with Crippen molar-refractivity contribution in [3.8, 4) is 0 Å². The second-order valence-electron chi connectivity index (χ2n) is 3.98. The Balaban J connectivity index is 4.36. The molecule has 0 saturated heterocycles. The lowest BCUT2D eigenvalue weighted by Gasteiger charge is -2.16. The van der Waals surface area contributed by atoms with Crippen molar-refractivity contribution in [2.24, 2.45) is 5.92 Å². The fourth-order valence-corrected chi connectivity index (χ4v) is 1.29. The molecule has 0 aliphatic rings. The number of rotatable bonds is 6. The smallest absolute Gasteiger partial charge is 0.407 e. The molecular weight excluding hydrogens is 222 g/mol. The Morgan fingerprint density at radius 1 is 1.35 bits per heavy atom. The predicted octanol–water partition coefficient (Wildman–Crippen LogP) is 1.88. The van der Waals surface area contributed by atoms with Crippen LogP contribution in [0.4, 0.5) is 4.79 Å². The molecular formula is C12H21NO4. The quantitative estimate of drug-likeness (QED) is 0.571. The molecule has 0 aromatic carbocycles. The zero-order valence-electron chi connectivity index (χ0n) is 10.9. The molecule has 0 aromatic rings. The standard InChI is InChI=1S/C12H21NO4/c1-5-17-11(14)7-6-10(8-9(2)3)13-12(15)16-4/h6-7,9-10H,5,8H2,1-4H3,(H,13,15)/b7-6+/t10-/m1/s1. The minimum absolute atomic E-state index is 0.230. The molecule has 0 fully saturated rings. The van der Waals surface area contributed by atoms with Crippen molar-refractivity contribution >= 4 is 12.1 Å². The predicted molar refractivity (Wildman–Crippen MR) is 64.6 cm³/mol. The van der Waals surface area contributed by atoms with E-state index in [2.05, 4.69) is 10.1 Å². The summed E-state index contributed by atoms with van der Waals surface area (Å²) in [7, 11) is 1.30. The molecule has 0 spiro atoms. The molecule has 98 valence electrons. The first-order chi connectivity index (χ1) is 7.99. The highest BCUT2D eigenvalue weighted by Crippen LogP contribution is 2.06. The molecule has 1 amide bonds. The van der Waals surface area contributed by atoms with Crippen molar-refractivity contribution in [2.45, 2.75) is 33.2 Å². The number of nitrogens with one attached hydrogen (secondary N) is 1. The number of hydrogen-bond donors (Lipinski definition) is 1. The summed E-state index contributed by atoms with van der Waals surface area (Å²) in [4.78, 5) is 22.2. The van der Waals surface area contributed by atoms with E-state index in [1.54, 1.807) is 13.0 Å². The highest BCUT2D eigenvalue weighted by molar-refractivity contribution is 5.82. The van der Waals surface area contributed by atoms with Crippen LogP contribution in [0.25, 0.3) is 0 Å². The van der Waals surface area contributed by atoms with Gasteiger partial charge in [0.05, 0.1) is 19.8 Å². The maximum atomic E-state index is 11.1. The van der Waals surface area contributed by atoms with Gasteiger partial charge in [-0.3, -0.25) is 0 Å². The largest absolute Gasteiger partial charge is 0.463 e. The third kappa shape index (κ3) is 8.30. The lowest BCUT2D eigenvalue weighted by molar-refractivity contribution is -0.137. The molecule has 0 aliphatic carbocycles. The van der Waals surface area contributed by atoms with E-state index in [1.165, 1.54) is 13.2 Å². The van der Waals surface area contributed by atoms with Gasteiger partial charge in [-0.1, -0.05) is 19.9 Å². The fraction of sp³-hybridized carbons (Fsp3) is 0.667. The summed E-state index contributed by atoms with van der Waals surface area (Å²) in [6, 6.07) is -0.230. The van der Waals surface area contributed by atoms with E-state index in [0.717, 1.165) is 6.42 Å². The van der Waals surface area contributed by atoms with E-state index in [9.17, 15) is 9.59 Å². The van der Waals surface area contributed by atoms with Crippen molar-refractivity contribution in [1.29, 1.82) is 0 Å². The third-order valence-corrected chi connectivity index (χ3v) is 1.97. The first-order valence-corrected chi connectivity index (χ1v) is 5.69. The minimum Gasteiger partial charge on any atom is -0.463 e. The van der Waals surface area contributed by atoms with Gasteiger partial charge in [0.25, 0.3) is 0 Å². The van der Waals surface area contributed by atoms with Crippen molar-refractivity contribution in [2.75, 3.05) is 13.7 Å². The van der Waals surface area contributed by atoms with E-state index in [1.807, 2.05) is 13.8 Å². The average Bonchev–Trinajstić information content (AvgIpc) is 2.25. The summed E-state index contributed by atoms with van der Waals surface area (Å²) >= 11 is 0. The zero-order valence-corrected chi connectivity index (χ0v) is 10.9. The van der Waals surface area contributed by atoms with Crippen LogP contribution in [-0.2, 0) is 14.3 Å². The summed E-state index contributed by atoms with van der Waals surface area (Å²) in [6.07, 6.45) is 3.16. The average molecular weight is 243 g/mol. The summed E-state index contributed by atoms with van der Waals surface area (Å²) < 4.78 is 9.28. The molecule has 0 bridgehead atoms. The van der Waals surface area contributed by atoms with Gasteiger partial charge in [0.15, 0.2) is 0 Å². The number of hydrogen-bond acceptors (Lipinski definition) is 4. The van der Waals surface area contributed by atoms with Crippen LogP contribution in [0.1, 0.15) is 27.2 Å². The highest BCUT2D eigenvalue weighted by Gasteiger charge is 2.11. The molecule has 0 radical (unpaired) electrons. The van der Waals surface area contributed by atoms with Gasteiger partial charge in [-0.05, 0) is 19.3 Å². The van der Waals surface area contributed by atoms with Crippen LogP contribution in [0, 0.1) is 5.92 Å². The molecule has 0 saturated carbocycles. The first-order valence-electron chi connectivity index (χ1n) is 5.69. The molecule has 1 atom stereocenters. The number of esters is 1. The number of carbonyl (C=O) groups excluding carboxylic acids is 2. The topological polar surface area (TPSA) is 64.6 Å². The van der Waals surface area contributed by atoms with Crippen LogP contribution in [0.2, 0.25) is 0 Å². The number of methoxy groups -OCH3 is 1. The van der Waals surface area contributed by atoms with Crippen molar-refractivity contribution < 1.29 is 19.1 Å². The molecule has 1 N–H and O–H groups in total. The Kier molecular flexibility index (Phi) is 7.84. The third-order valence-electron chi connectivity index (χ3n) is 1.97. The van der Waals surface area contributed by atoms with Gasteiger partial charge in [-0.2, -0.15) is 0 Å². The van der Waals surface area contributed by atoms with Gasteiger partial charge >= 0.3 is 12.1 Å². The molecule has 17 heavy (non-hydrogen) atoms. The van der Waals surface area contributed by atoms with Gasteiger partial charge in [0, 0.05) is 6.08 Å². The van der Waals surface area contributed by atoms with Crippen LogP contribution >= 0.6 is 0 Å². The van der Waals surface area contributed by atoms with Crippen LogP contribution in [0.15, 0.2) is 12.2 Å². The molecule has 5 heteroatoms. The van der Waals surface area contributed by atoms with Crippen LogP contribution in [0.3, 0.4) is 0 Å². The number of amides is 1. The van der Waals surface area contributed by atoms with Gasteiger partial charge in [0.1, 0.15) is 0 Å². The van der Waals surface area contributed by atoms with E-state index in [-0.39, 0.29) is 6.04 Å². The van der Waals surface area contributed by atoms with Crippen molar-refractivity contribution in [3.05, 3.63) is 12.2 Å². The Labute approximate surface area is 102 Å². The first kappa shape index (κ1) is 15.5. The van der Waals surface area contributed by atoms with Crippen molar-refractivity contribution in [1.82, 2.24) is 5.32 Å². The van der Waals surface area contributed by atoms with Gasteiger partial charge in [0.2, 0.25) is 0 Å². The van der Waals surface area contributed by atoms with Gasteiger partial charge < -0.3 is 14.8 Å². The Bertz CT molecular complexity index is 274. The summed E-state index contributed by atoms with van der Waals surface area (Å²) in [6.45, 7) is 6.14. The molecule has 0 heterocycles. The van der Waals surface area contributed by atoms with E-state index in [0.29, 0.717) is 12.5 Å². The SMILES string of the molecule is CCOC(=O)/C=C/[C@H](CC(C)C)NC(=O)OC. The van der Waals surface area contributed by atoms with Gasteiger partial charge in [-0.25, -0.2) is 9.59 Å². The second-order valence-corrected chi connectivity index (χ2v) is 3.98. The van der Waals surface area contributed by atoms with E-state index >= 15 is 0 Å². The number of carbonyl (C=O) groups is 2. The van der Waals surface area contributed by atoms with Crippen molar-refractivity contribution in [3.63, 3.8) is 0 Å². The summed E-state index contributed by atoms with van der Waals surface area (Å²) in [5.74, 6) is -0.0167. The van der Waals surface area contributed by atoms with Gasteiger partial charge in [-0.15, -0.1) is 0 Å². The Morgan fingerprint density at radius 2 is 2.00 bits per heavy atom. The molecule has 0 unspecified atom stereocenters. The fourth-order valence-electron chi connectivity index (χ4n) is 1.29. The lowest BCUT2D eigenvalue weighted by atomic mass is 10.0. The molecule has 0 aliphatic heterocycles. The molecule has 0 aromatic heterocycles. The second kappa shape index (κ2) is 8.61. The Morgan fingerprint density at radius 3 is 2.47 bits per heavy atom. The van der Waals surface area contributed by atoms with Crippen LogP contribution < -0.4 is 5.32 Å².